The first kappa shape index (κ1) is 20.9. The van der Waals surface area contributed by atoms with Crippen LogP contribution in [0.4, 0.5) is 0 Å². The average Bonchev–Trinajstić information content (AvgIpc) is 2.29. The Balaban J connectivity index is 0. The van der Waals surface area contributed by atoms with Crippen molar-refractivity contribution in [2.75, 3.05) is 18.5 Å². The molecule has 0 bridgehead atoms. The van der Waals surface area contributed by atoms with E-state index in [1.54, 1.807) is 18.5 Å². The number of rotatable bonds is 9. The van der Waals surface area contributed by atoms with E-state index in [1.165, 1.54) is 38.5 Å². The molecular weight excluding hydrogens is 624 g/mol. The first-order valence-electron chi connectivity index (χ1n) is 6.42. The molecule has 4 heteroatoms. The van der Waals surface area contributed by atoms with Crippen LogP contribution in [-0.4, -0.2) is 18.5 Å². The molecule has 0 unspecified atom stereocenters. The van der Waals surface area contributed by atoms with Crippen molar-refractivity contribution in [3.05, 3.63) is 0 Å². The molecule has 0 amide bonds. The first-order valence-corrected chi connectivity index (χ1v) is 21.4. The van der Waals surface area contributed by atoms with E-state index in [9.17, 15) is 0 Å². The fraction of sp³-hybridized carbons (Fsp3) is 1.00. The van der Waals surface area contributed by atoms with Crippen LogP contribution in [-0.2, 0) is 11.2 Å². The summed E-state index contributed by atoms with van der Waals surface area (Å²) in [6.45, 7) is 6.96. The van der Waals surface area contributed by atoms with Crippen LogP contribution in [0.25, 0.3) is 0 Å². The topological polar surface area (TPSA) is 0 Å². The Morgan fingerprint density at radius 3 is 1.19 bits per heavy atom. The molecule has 0 nitrogen and oxygen atoms in total. The van der Waals surface area contributed by atoms with Crippen LogP contribution >= 0.6 is 46.6 Å². The Hall–Kier alpha value is 2.58. The molecule has 0 saturated heterocycles. The number of halogens is 2. The van der Waals surface area contributed by atoms with E-state index >= 15 is 0 Å². The number of hydrogen-bond acceptors (Lipinski definition) is 0. The zero-order chi connectivity index (χ0) is 12.6. The summed E-state index contributed by atoms with van der Waals surface area (Å²) >= 11 is 5.30. The summed E-state index contributed by atoms with van der Waals surface area (Å²) in [7, 11) is 0.0675. The van der Waals surface area contributed by atoms with Gasteiger partial charge in [-0.2, -0.15) is 0 Å². The van der Waals surface area contributed by atoms with E-state index < -0.39 is 0 Å². The summed E-state index contributed by atoms with van der Waals surface area (Å²) in [5.41, 5.74) is 0. The molecule has 0 heterocycles. The predicted octanol–water partition coefficient (Wildman–Crippen LogP) is 6.37. The van der Waals surface area contributed by atoms with Crippen molar-refractivity contribution in [1.29, 1.82) is 0 Å². The van der Waals surface area contributed by atoms with Gasteiger partial charge in [0.05, 0.1) is 18.5 Å². The van der Waals surface area contributed by atoms with Crippen LogP contribution in [0, 0.1) is 0 Å². The molecule has 0 aliphatic carbocycles. The van der Waals surface area contributed by atoms with Crippen LogP contribution in [0.5, 0.6) is 0 Å². The maximum absolute atomic E-state index is 2.39. The molecule has 0 aromatic rings. The molecule has 0 fully saturated rings. The van der Waals surface area contributed by atoms with Gasteiger partial charge in [-0.25, -0.2) is 0 Å². The summed E-state index contributed by atoms with van der Waals surface area (Å²) in [5, 5.41) is 0. The van der Waals surface area contributed by atoms with E-state index in [-0.39, 0.29) is 7.92 Å². The third-order valence-corrected chi connectivity index (χ3v) is 5.83. The van der Waals surface area contributed by atoms with Crippen LogP contribution < -0.4 is 0 Å². The van der Waals surface area contributed by atoms with Gasteiger partial charge in [0, 0.05) is 7.92 Å². The van der Waals surface area contributed by atoms with Gasteiger partial charge in [0.2, 0.25) is 0 Å². The Morgan fingerprint density at radius 2 is 1.00 bits per heavy atom. The van der Waals surface area contributed by atoms with E-state index in [4.69, 9.17) is 0 Å². The summed E-state index contributed by atoms with van der Waals surface area (Å²) in [6, 6.07) is 0. The number of unbranched alkanes of at least 4 members (excludes halogenated alkanes) is 3. The second-order valence-electron chi connectivity index (χ2n) is 4.11. The third kappa shape index (κ3) is 18.9. The van der Waals surface area contributed by atoms with Gasteiger partial charge < -0.3 is 0 Å². The van der Waals surface area contributed by atoms with Gasteiger partial charge in [-0.3, -0.25) is 0 Å². The Morgan fingerprint density at radius 1 is 0.750 bits per heavy atom. The van der Waals surface area contributed by atoms with Crippen molar-refractivity contribution in [3.8, 4) is 0 Å². The summed E-state index contributed by atoms with van der Waals surface area (Å²) < 4.78 is 0. The van der Waals surface area contributed by atoms with Crippen molar-refractivity contribution in [3.63, 3.8) is 0 Å². The second kappa shape index (κ2) is 19.9. The van der Waals surface area contributed by atoms with Gasteiger partial charge in [0.25, 0.3) is 0 Å². The van der Waals surface area contributed by atoms with E-state index in [1.807, 2.05) is 0 Å². The van der Waals surface area contributed by atoms with Crippen LogP contribution in [0.1, 0.15) is 59.3 Å². The standard InChI is InChI=1S/C12H27P.2HI.Pt/c1-4-7-10-13(11-8-5-2)12-9-6-3;;;/h4-12H2,1-3H3;2*1H;/q;;;+2/p-1. The first-order chi connectivity index (χ1) is 7.76. The summed E-state index contributed by atoms with van der Waals surface area (Å²) in [4.78, 5) is 0. The second-order valence-corrected chi connectivity index (χ2v) is 23.7. The molecule has 0 N–H and O–H groups in total. The van der Waals surface area contributed by atoms with Crippen LogP contribution in [0.3, 0.4) is 0 Å². The summed E-state index contributed by atoms with van der Waals surface area (Å²) in [6.07, 6.45) is 13.4. The van der Waals surface area contributed by atoms with E-state index in [2.05, 4.69) is 59.5 Å². The molecule has 0 saturated carbocycles. The minimum absolute atomic E-state index is 0.0675. The number of hydrogen-bond donors (Lipinski definition) is 0. The molecule has 16 heavy (non-hydrogen) atoms. The van der Waals surface area contributed by atoms with Crippen molar-refractivity contribution in [1.82, 2.24) is 0 Å². The quantitative estimate of drug-likeness (QED) is 0.201. The van der Waals surface area contributed by atoms with Crippen LogP contribution in [0.2, 0.25) is 0 Å². The average molecular weight is 652 g/mol. The third-order valence-electron chi connectivity index (χ3n) is 2.65. The normalized spacial score (nSPS) is 10.4. The van der Waals surface area contributed by atoms with E-state index in [0.29, 0.717) is 11.2 Å². The van der Waals surface area contributed by atoms with Gasteiger partial charge in [0.15, 0.2) is 0 Å². The Kier molecular flexibility index (Phi) is 26.0. The minimum atomic E-state index is 0.0675. The molecule has 0 aromatic carbocycles. The maximum atomic E-state index is 2.39. The predicted molar refractivity (Wildman–Crippen MR) is 95.7 cm³/mol. The molecular formula is C12H28I2PPt+. The van der Waals surface area contributed by atoms with Gasteiger partial charge in [-0.1, -0.05) is 40.0 Å². The van der Waals surface area contributed by atoms with Crippen molar-refractivity contribution >= 4 is 46.6 Å². The molecule has 0 rings (SSSR count). The molecule has 0 aliphatic rings. The van der Waals surface area contributed by atoms with Crippen molar-refractivity contribution in [2.45, 2.75) is 59.3 Å². The molecule has 0 spiro atoms. The SMILES string of the molecule is CCCC[PH+](CCCC)CCCC.[I][Pt][I]. The molecule has 0 radical (unpaired) electrons. The summed E-state index contributed by atoms with van der Waals surface area (Å²) in [5.74, 6) is 0. The Bertz CT molecular complexity index is 96.2. The van der Waals surface area contributed by atoms with Gasteiger partial charge in [0.1, 0.15) is 0 Å². The van der Waals surface area contributed by atoms with Crippen molar-refractivity contribution < 1.29 is 11.2 Å². The fourth-order valence-electron chi connectivity index (χ4n) is 1.66. The van der Waals surface area contributed by atoms with E-state index in [0.717, 1.165) is 0 Å². The fourth-order valence-corrected chi connectivity index (χ4v) is 4.97. The zero-order valence-electron chi connectivity index (χ0n) is 10.9. The van der Waals surface area contributed by atoms with Crippen LogP contribution in [0.15, 0.2) is 0 Å². The van der Waals surface area contributed by atoms with Crippen molar-refractivity contribution in [2.24, 2.45) is 0 Å². The molecule has 0 atom stereocenters. The van der Waals surface area contributed by atoms with Gasteiger partial charge in [-0.15, -0.1) is 0 Å². The van der Waals surface area contributed by atoms with Gasteiger partial charge >= 0.3 is 49.9 Å². The molecule has 104 valence electrons. The molecule has 0 aliphatic heterocycles. The van der Waals surface area contributed by atoms with Gasteiger partial charge in [-0.05, 0) is 19.3 Å². The monoisotopic (exact) mass is 652 g/mol. The zero-order valence-corrected chi connectivity index (χ0v) is 18.5. The Labute approximate surface area is 134 Å². The molecule has 0 aromatic heterocycles.